The molecule has 19 heavy (non-hydrogen) atoms. The minimum absolute atomic E-state index is 0.110. The Balaban J connectivity index is 1.87. The number of amides is 1. The number of nitrogens with zero attached hydrogens (tertiary/aromatic N) is 1. The van der Waals surface area contributed by atoms with Crippen LogP contribution in [-0.2, 0) is 0 Å². The molecule has 0 aliphatic carbocycles. The fourth-order valence-electron chi connectivity index (χ4n) is 1.77. The molecule has 2 aromatic heterocycles. The van der Waals surface area contributed by atoms with Gasteiger partial charge < -0.3 is 5.32 Å². The number of thiophene rings is 1. The lowest BCUT2D eigenvalue weighted by molar-refractivity contribution is 0.103. The van der Waals surface area contributed by atoms with Gasteiger partial charge in [-0.3, -0.25) is 9.78 Å². The molecule has 2 heterocycles. The number of anilines is 1. The fraction of sp³-hybridized carbons (Fsp3) is 0. The highest BCUT2D eigenvalue weighted by Gasteiger charge is 2.10. The van der Waals surface area contributed by atoms with Gasteiger partial charge in [0.2, 0.25) is 0 Å². The van der Waals surface area contributed by atoms with E-state index in [4.69, 9.17) is 0 Å². The molecule has 0 atom stereocenters. The lowest BCUT2D eigenvalue weighted by Gasteiger charge is -2.02. The molecular formula is C14H9BrN2OS. The molecule has 0 aliphatic rings. The summed E-state index contributed by atoms with van der Waals surface area (Å²) in [7, 11) is 0. The van der Waals surface area contributed by atoms with Crippen LogP contribution in [0, 0.1) is 0 Å². The Kier molecular flexibility index (Phi) is 3.31. The van der Waals surface area contributed by atoms with Crippen molar-refractivity contribution in [2.24, 2.45) is 0 Å². The maximum absolute atomic E-state index is 12.2. The molecule has 0 saturated heterocycles. The number of hydrogen-bond acceptors (Lipinski definition) is 3. The Labute approximate surface area is 122 Å². The third kappa shape index (κ3) is 2.67. The van der Waals surface area contributed by atoms with Crippen molar-refractivity contribution in [3.8, 4) is 0 Å². The number of aromatic nitrogens is 1. The van der Waals surface area contributed by atoms with Gasteiger partial charge in [-0.05, 0) is 39.5 Å². The number of fused-ring (bicyclic) bond motifs is 1. The Hall–Kier alpha value is -1.72. The van der Waals surface area contributed by atoms with Gasteiger partial charge in [-0.2, -0.15) is 0 Å². The van der Waals surface area contributed by atoms with Crippen molar-refractivity contribution in [3.05, 3.63) is 58.1 Å². The molecule has 3 rings (SSSR count). The van der Waals surface area contributed by atoms with Crippen LogP contribution < -0.4 is 5.32 Å². The standard InChI is InChI=1S/C14H9BrN2OS/c15-10-6-11(8-16-7-10)17-14(18)13-5-9-3-1-2-4-12(9)19-13/h1-8H,(H,17,18). The summed E-state index contributed by atoms with van der Waals surface area (Å²) in [6.07, 6.45) is 3.30. The van der Waals surface area contributed by atoms with Crippen LogP contribution in [0.15, 0.2) is 53.3 Å². The van der Waals surface area contributed by atoms with Crippen LogP contribution in [0.2, 0.25) is 0 Å². The Morgan fingerprint density at radius 1 is 1.21 bits per heavy atom. The number of halogens is 1. The van der Waals surface area contributed by atoms with Gasteiger partial charge in [0.15, 0.2) is 0 Å². The van der Waals surface area contributed by atoms with Gasteiger partial charge >= 0.3 is 0 Å². The van der Waals surface area contributed by atoms with E-state index >= 15 is 0 Å². The minimum Gasteiger partial charge on any atom is -0.320 e. The summed E-state index contributed by atoms with van der Waals surface area (Å²) < 4.78 is 1.95. The Bertz CT molecular complexity index is 721. The molecule has 94 valence electrons. The van der Waals surface area contributed by atoms with E-state index < -0.39 is 0 Å². The number of benzene rings is 1. The topological polar surface area (TPSA) is 42.0 Å². The third-order valence-corrected chi connectivity index (χ3v) is 4.16. The van der Waals surface area contributed by atoms with E-state index in [-0.39, 0.29) is 5.91 Å². The molecule has 1 aromatic carbocycles. The fourth-order valence-corrected chi connectivity index (χ4v) is 3.09. The van der Waals surface area contributed by atoms with Crippen LogP contribution in [0.25, 0.3) is 10.1 Å². The highest BCUT2D eigenvalue weighted by Crippen LogP contribution is 2.26. The second-order valence-electron chi connectivity index (χ2n) is 3.99. The molecule has 0 aliphatic heterocycles. The predicted octanol–water partition coefficient (Wildman–Crippen LogP) is 4.31. The smallest absolute Gasteiger partial charge is 0.265 e. The second kappa shape index (κ2) is 5.11. The van der Waals surface area contributed by atoms with Gasteiger partial charge in [0, 0.05) is 15.4 Å². The SMILES string of the molecule is O=C(Nc1cncc(Br)c1)c1cc2ccccc2s1. The van der Waals surface area contributed by atoms with Crippen molar-refractivity contribution in [2.45, 2.75) is 0 Å². The summed E-state index contributed by atoms with van der Waals surface area (Å²) in [5.41, 5.74) is 0.678. The van der Waals surface area contributed by atoms with Crippen molar-refractivity contribution >= 4 is 48.9 Å². The van der Waals surface area contributed by atoms with Gasteiger partial charge in [-0.15, -0.1) is 11.3 Å². The van der Waals surface area contributed by atoms with Crippen molar-refractivity contribution in [1.82, 2.24) is 4.98 Å². The van der Waals surface area contributed by atoms with Crippen molar-refractivity contribution in [1.29, 1.82) is 0 Å². The zero-order valence-electron chi connectivity index (χ0n) is 9.76. The minimum atomic E-state index is -0.110. The number of nitrogens with one attached hydrogen (secondary N) is 1. The number of pyridine rings is 1. The van der Waals surface area contributed by atoms with Gasteiger partial charge in [0.1, 0.15) is 0 Å². The van der Waals surface area contributed by atoms with Gasteiger partial charge in [-0.1, -0.05) is 18.2 Å². The first kappa shape index (κ1) is 12.3. The molecule has 3 nitrogen and oxygen atoms in total. The molecule has 1 N–H and O–H groups in total. The molecule has 0 radical (unpaired) electrons. The number of carbonyl (C=O) groups is 1. The molecule has 1 amide bonds. The first-order chi connectivity index (χ1) is 9.22. The van der Waals surface area contributed by atoms with Crippen molar-refractivity contribution < 1.29 is 4.79 Å². The van der Waals surface area contributed by atoms with E-state index in [1.54, 1.807) is 12.4 Å². The number of rotatable bonds is 2. The average Bonchev–Trinajstić information content (AvgIpc) is 2.82. The quantitative estimate of drug-likeness (QED) is 0.759. The summed E-state index contributed by atoms with van der Waals surface area (Å²) in [5, 5.41) is 3.93. The molecule has 0 saturated carbocycles. The lowest BCUT2D eigenvalue weighted by atomic mass is 10.2. The van der Waals surface area contributed by atoms with Gasteiger partial charge in [0.25, 0.3) is 5.91 Å². The first-order valence-corrected chi connectivity index (χ1v) is 7.24. The lowest BCUT2D eigenvalue weighted by Crippen LogP contribution is -2.10. The molecule has 0 bridgehead atoms. The average molecular weight is 333 g/mol. The van der Waals surface area contributed by atoms with Crippen LogP contribution in [0.3, 0.4) is 0 Å². The molecule has 0 spiro atoms. The molecule has 0 fully saturated rings. The summed E-state index contributed by atoms with van der Waals surface area (Å²) in [6.45, 7) is 0. The predicted molar refractivity (Wildman–Crippen MR) is 81.7 cm³/mol. The van der Waals surface area contributed by atoms with E-state index in [1.165, 1.54) is 11.3 Å². The summed E-state index contributed by atoms with van der Waals surface area (Å²) in [5.74, 6) is -0.110. The van der Waals surface area contributed by atoms with Crippen molar-refractivity contribution in [2.75, 3.05) is 5.32 Å². The van der Waals surface area contributed by atoms with E-state index in [0.29, 0.717) is 10.6 Å². The Morgan fingerprint density at radius 3 is 2.84 bits per heavy atom. The number of carbonyl (C=O) groups excluding carboxylic acids is 1. The monoisotopic (exact) mass is 332 g/mol. The summed E-state index contributed by atoms with van der Waals surface area (Å²) in [6, 6.07) is 11.7. The second-order valence-corrected chi connectivity index (χ2v) is 5.99. The van der Waals surface area contributed by atoms with Crippen LogP contribution in [0.1, 0.15) is 9.67 Å². The molecular weight excluding hydrogens is 324 g/mol. The zero-order valence-corrected chi connectivity index (χ0v) is 12.2. The van der Waals surface area contributed by atoms with Gasteiger partial charge in [-0.25, -0.2) is 0 Å². The third-order valence-electron chi connectivity index (χ3n) is 2.61. The maximum atomic E-state index is 12.2. The zero-order chi connectivity index (χ0) is 13.2. The highest BCUT2D eigenvalue weighted by atomic mass is 79.9. The first-order valence-electron chi connectivity index (χ1n) is 5.63. The van der Waals surface area contributed by atoms with Crippen LogP contribution in [0.4, 0.5) is 5.69 Å². The molecule has 3 aromatic rings. The molecule has 0 unspecified atom stereocenters. The summed E-state index contributed by atoms with van der Waals surface area (Å²) >= 11 is 4.81. The largest absolute Gasteiger partial charge is 0.320 e. The van der Waals surface area contributed by atoms with Crippen molar-refractivity contribution in [3.63, 3.8) is 0 Å². The van der Waals surface area contributed by atoms with E-state index in [0.717, 1.165) is 14.6 Å². The number of hydrogen-bond donors (Lipinski definition) is 1. The van der Waals surface area contributed by atoms with Gasteiger partial charge in [0.05, 0.1) is 16.8 Å². The van der Waals surface area contributed by atoms with Crippen LogP contribution >= 0.6 is 27.3 Å². The Morgan fingerprint density at radius 2 is 2.05 bits per heavy atom. The van der Waals surface area contributed by atoms with E-state index in [2.05, 4.69) is 26.2 Å². The van der Waals surface area contributed by atoms with E-state index in [9.17, 15) is 4.79 Å². The van der Waals surface area contributed by atoms with Crippen LogP contribution in [-0.4, -0.2) is 10.9 Å². The highest BCUT2D eigenvalue weighted by molar-refractivity contribution is 9.10. The molecule has 5 heteroatoms. The maximum Gasteiger partial charge on any atom is 0.265 e. The van der Waals surface area contributed by atoms with Crippen LogP contribution in [0.5, 0.6) is 0 Å². The summed E-state index contributed by atoms with van der Waals surface area (Å²) in [4.78, 5) is 16.9. The normalized spacial score (nSPS) is 10.6. The van der Waals surface area contributed by atoms with E-state index in [1.807, 2.05) is 36.4 Å².